The molecular formula is C13H16ClNO. The number of halogens is 1. The van der Waals surface area contributed by atoms with E-state index >= 15 is 0 Å². The topological polar surface area (TPSA) is 29.1 Å². The van der Waals surface area contributed by atoms with E-state index in [-0.39, 0.29) is 5.91 Å². The molecule has 1 amide bonds. The van der Waals surface area contributed by atoms with Crippen molar-refractivity contribution in [2.24, 2.45) is 0 Å². The van der Waals surface area contributed by atoms with E-state index in [2.05, 4.69) is 11.4 Å². The lowest BCUT2D eigenvalue weighted by Gasteiger charge is -2.36. The predicted molar refractivity (Wildman–Crippen MR) is 65.6 cm³/mol. The van der Waals surface area contributed by atoms with Crippen molar-refractivity contribution in [3.8, 4) is 0 Å². The predicted octanol–water partition coefficient (Wildman–Crippen LogP) is 3.11. The molecule has 0 radical (unpaired) electrons. The van der Waals surface area contributed by atoms with Gasteiger partial charge in [0, 0.05) is 17.5 Å². The zero-order chi connectivity index (χ0) is 11.5. The molecule has 1 aliphatic carbocycles. The second kappa shape index (κ2) is 4.88. The maximum absolute atomic E-state index is 11.2. The Morgan fingerprint density at radius 1 is 1.50 bits per heavy atom. The van der Waals surface area contributed by atoms with E-state index in [0.29, 0.717) is 18.4 Å². The molecule has 0 aromatic heterocycles. The summed E-state index contributed by atoms with van der Waals surface area (Å²) in [7, 11) is 0. The van der Waals surface area contributed by atoms with Crippen LogP contribution in [0.5, 0.6) is 0 Å². The molecule has 1 N–H and O–H groups in total. The number of amides is 1. The highest BCUT2D eigenvalue weighted by Crippen LogP contribution is 2.37. The summed E-state index contributed by atoms with van der Waals surface area (Å²) in [6.07, 6.45) is 2.64. The van der Waals surface area contributed by atoms with Crippen LogP contribution in [0.25, 0.3) is 0 Å². The van der Waals surface area contributed by atoms with Crippen LogP contribution in [0.1, 0.15) is 37.7 Å². The fourth-order valence-electron chi connectivity index (χ4n) is 2.10. The normalized spacial score (nSPS) is 23.6. The van der Waals surface area contributed by atoms with Gasteiger partial charge in [-0.15, -0.1) is 0 Å². The summed E-state index contributed by atoms with van der Waals surface area (Å²) < 4.78 is 0. The van der Waals surface area contributed by atoms with Crippen LogP contribution in [-0.2, 0) is 4.79 Å². The van der Waals surface area contributed by atoms with Crippen LogP contribution in [0.15, 0.2) is 24.3 Å². The molecule has 0 heterocycles. The third-order valence-corrected chi connectivity index (χ3v) is 3.38. The van der Waals surface area contributed by atoms with Crippen molar-refractivity contribution >= 4 is 17.5 Å². The molecule has 0 saturated heterocycles. The minimum absolute atomic E-state index is 0.148. The molecule has 3 heteroatoms. The minimum Gasteiger partial charge on any atom is -0.353 e. The Kier molecular flexibility index (Phi) is 3.49. The summed E-state index contributed by atoms with van der Waals surface area (Å²) in [6, 6.07) is 8.35. The number of nitrogens with one attached hydrogen (secondary N) is 1. The Morgan fingerprint density at radius 2 is 2.25 bits per heavy atom. The van der Waals surface area contributed by atoms with Gasteiger partial charge in [-0.3, -0.25) is 4.79 Å². The highest BCUT2D eigenvalue weighted by Gasteiger charge is 2.30. The Balaban J connectivity index is 1.86. The maximum Gasteiger partial charge on any atom is 0.219 e. The van der Waals surface area contributed by atoms with Crippen LogP contribution in [0, 0.1) is 0 Å². The van der Waals surface area contributed by atoms with Crippen molar-refractivity contribution in [1.29, 1.82) is 0 Å². The van der Waals surface area contributed by atoms with Gasteiger partial charge in [0.25, 0.3) is 0 Å². The molecule has 0 bridgehead atoms. The lowest BCUT2D eigenvalue weighted by molar-refractivity contribution is -0.122. The first-order valence-corrected chi connectivity index (χ1v) is 6.11. The molecule has 1 aromatic rings. The first-order valence-electron chi connectivity index (χ1n) is 5.74. The van der Waals surface area contributed by atoms with Gasteiger partial charge in [0.1, 0.15) is 0 Å². The largest absolute Gasteiger partial charge is 0.353 e. The average Bonchev–Trinajstić information content (AvgIpc) is 2.22. The van der Waals surface area contributed by atoms with Crippen LogP contribution in [0.2, 0.25) is 5.02 Å². The Hall–Kier alpha value is -1.02. The minimum atomic E-state index is 0.148. The summed E-state index contributed by atoms with van der Waals surface area (Å²) in [5.74, 6) is 0.704. The summed E-state index contributed by atoms with van der Waals surface area (Å²) in [6.45, 7) is 1.88. The summed E-state index contributed by atoms with van der Waals surface area (Å²) >= 11 is 5.94. The van der Waals surface area contributed by atoms with Crippen LogP contribution in [-0.4, -0.2) is 11.9 Å². The number of hydrogen-bond acceptors (Lipinski definition) is 1. The number of hydrogen-bond donors (Lipinski definition) is 1. The first-order chi connectivity index (χ1) is 7.69. The number of carbonyl (C=O) groups excluding carboxylic acids is 1. The molecule has 86 valence electrons. The van der Waals surface area contributed by atoms with Gasteiger partial charge in [-0.05, 0) is 36.5 Å². The second-order valence-electron chi connectivity index (χ2n) is 4.34. The van der Waals surface area contributed by atoms with Crippen LogP contribution >= 0.6 is 11.6 Å². The Labute approximate surface area is 101 Å². The zero-order valence-electron chi connectivity index (χ0n) is 9.37. The Morgan fingerprint density at radius 3 is 2.88 bits per heavy atom. The standard InChI is InChI=1S/C13H16ClNO/c1-2-13(16)15-12-7-10(8-12)9-4-3-5-11(14)6-9/h3-6,10,12H,2,7-8H2,1H3,(H,15,16). The molecule has 1 aromatic carbocycles. The summed E-state index contributed by atoms with van der Waals surface area (Å²) in [5.41, 5.74) is 1.29. The fourth-order valence-corrected chi connectivity index (χ4v) is 2.30. The van der Waals surface area contributed by atoms with Gasteiger partial charge in [-0.2, -0.15) is 0 Å². The summed E-state index contributed by atoms with van der Waals surface area (Å²) in [4.78, 5) is 11.2. The van der Waals surface area contributed by atoms with Crippen molar-refractivity contribution in [2.75, 3.05) is 0 Å². The molecule has 1 fully saturated rings. The molecule has 1 saturated carbocycles. The number of benzene rings is 1. The third kappa shape index (κ3) is 2.56. The highest BCUT2D eigenvalue weighted by molar-refractivity contribution is 6.30. The molecule has 1 aliphatic rings. The van der Waals surface area contributed by atoms with Crippen molar-refractivity contribution < 1.29 is 4.79 Å². The van der Waals surface area contributed by atoms with E-state index in [1.807, 2.05) is 25.1 Å². The van der Waals surface area contributed by atoms with E-state index < -0.39 is 0 Å². The van der Waals surface area contributed by atoms with Crippen molar-refractivity contribution in [1.82, 2.24) is 5.32 Å². The average molecular weight is 238 g/mol. The molecule has 0 spiro atoms. The molecule has 0 unspecified atom stereocenters. The molecule has 2 rings (SSSR count). The van der Waals surface area contributed by atoms with E-state index in [1.165, 1.54) is 5.56 Å². The number of rotatable bonds is 3. The van der Waals surface area contributed by atoms with Gasteiger partial charge < -0.3 is 5.32 Å². The van der Waals surface area contributed by atoms with E-state index in [0.717, 1.165) is 17.9 Å². The SMILES string of the molecule is CCC(=O)NC1CC(c2cccc(Cl)c2)C1. The van der Waals surface area contributed by atoms with Crippen LogP contribution in [0.3, 0.4) is 0 Å². The van der Waals surface area contributed by atoms with Crippen LogP contribution in [0.4, 0.5) is 0 Å². The van der Waals surface area contributed by atoms with Crippen LogP contribution < -0.4 is 5.32 Å². The smallest absolute Gasteiger partial charge is 0.219 e. The molecule has 16 heavy (non-hydrogen) atoms. The molecular weight excluding hydrogens is 222 g/mol. The van der Waals surface area contributed by atoms with Crippen molar-refractivity contribution in [3.05, 3.63) is 34.9 Å². The second-order valence-corrected chi connectivity index (χ2v) is 4.78. The molecule has 0 aliphatic heterocycles. The van der Waals surface area contributed by atoms with Crippen molar-refractivity contribution in [3.63, 3.8) is 0 Å². The third-order valence-electron chi connectivity index (χ3n) is 3.14. The lowest BCUT2D eigenvalue weighted by atomic mass is 9.76. The van der Waals surface area contributed by atoms with E-state index in [1.54, 1.807) is 0 Å². The fraction of sp³-hybridized carbons (Fsp3) is 0.462. The van der Waals surface area contributed by atoms with E-state index in [4.69, 9.17) is 11.6 Å². The monoisotopic (exact) mass is 237 g/mol. The quantitative estimate of drug-likeness (QED) is 0.860. The van der Waals surface area contributed by atoms with E-state index in [9.17, 15) is 4.79 Å². The zero-order valence-corrected chi connectivity index (χ0v) is 10.1. The molecule has 2 nitrogen and oxygen atoms in total. The van der Waals surface area contributed by atoms with Crippen molar-refractivity contribution in [2.45, 2.75) is 38.1 Å². The van der Waals surface area contributed by atoms with Gasteiger partial charge in [-0.1, -0.05) is 30.7 Å². The summed E-state index contributed by atoms with van der Waals surface area (Å²) in [5, 5.41) is 3.80. The first kappa shape index (κ1) is 11.5. The van der Waals surface area contributed by atoms with Gasteiger partial charge in [0.15, 0.2) is 0 Å². The number of carbonyl (C=O) groups is 1. The van der Waals surface area contributed by atoms with Gasteiger partial charge in [-0.25, -0.2) is 0 Å². The highest BCUT2D eigenvalue weighted by atomic mass is 35.5. The molecule has 0 atom stereocenters. The van der Waals surface area contributed by atoms with Gasteiger partial charge in [0.2, 0.25) is 5.91 Å². The van der Waals surface area contributed by atoms with Gasteiger partial charge in [0.05, 0.1) is 0 Å². The lowest BCUT2D eigenvalue weighted by Crippen LogP contribution is -2.43. The Bertz CT molecular complexity index is 385. The van der Waals surface area contributed by atoms with Gasteiger partial charge >= 0.3 is 0 Å². The maximum atomic E-state index is 11.2.